The van der Waals surface area contributed by atoms with Crippen LogP contribution in [-0.2, 0) is 13.9 Å². The fourth-order valence-electron chi connectivity index (χ4n) is 1.23. The first kappa shape index (κ1) is 18.7. The van der Waals surface area contributed by atoms with Gasteiger partial charge in [-0.15, -0.1) is 0 Å². The van der Waals surface area contributed by atoms with E-state index < -0.39 is 39.1 Å². The van der Waals surface area contributed by atoms with Gasteiger partial charge in [-0.2, -0.15) is 0 Å². The molecular weight excluding hydrogens is 302 g/mol. The first-order chi connectivity index (χ1) is 8.43. The van der Waals surface area contributed by atoms with Crippen molar-refractivity contribution in [3.63, 3.8) is 0 Å². The summed E-state index contributed by atoms with van der Waals surface area (Å²) in [7, 11) is -8.78. The molecule has 0 saturated heterocycles. The molecule has 0 aromatic rings. The van der Waals surface area contributed by atoms with Crippen LogP contribution in [0.4, 0.5) is 0 Å². The van der Waals surface area contributed by atoms with E-state index in [1.165, 1.54) is 0 Å². The smallest absolute Gasteiger partial charge is 0.342 e. The van der Waals surface area contributed by atoms with Crippen LogP contribution in [0.15, 0.2) is 0 Å². The summed E-state index contributed by atoms with van der Waals surface area (Å²) >= 11 is 0. The zero-order valence-corrected chi connectivity index (χ0v) is 11.7. The third kappa shape index (κ3) is 9.26. The fraction of sp³-hybridized carbons (Fsp3) is 0.857. The molecule has 10 nitrogen and oxygen atoms in total. The second-order valence-electron chi connectivity index (χ2n) is 3.99. The molecule has 8 N–H and O–H groups in total. The van der Waals surface area contributed by atoms with Crippen molar-refractivity contribution in [2.24, 2.45) is 5.73 Å². The van der Waals surface area contributed by atoms with E-state index in [4.69, 9.17) is 30.4 Å². The lowest BCUT2D eigenvalue weighted by atomic mass is 10.3. The summed E-state index contributed by atoms with van der Waals surface area (Å²) in [4.78, 5) is 45.7. The van der Waals surface area contributed by atoms with Gasteiger partial charge in [-0.1, -0.05) is 0 Å². The molecule has 2 atom stereocenters. The number of nitrogens with one attached hydrogen (secondary N) is 1. The molecule has 0 bridgehead atoms. The van der Waals surface area contributed by atoms with E-state index in [9.17, 15) is 13.9 Å². The van der Waals surface area contributed by atoms with E-state index in [1.54, 1.807) is 0 Å². The average molecular weight is 320 g/mol. The van der Waals surface area contributed by atoms with Crippen molar-refractivity contribution in [2.45, 2.75) is 24.7 Å². The zero-order chi connectivity index (χ0) is 15.3. The van der Waals surface area contributed by atoms with Gasteiger partial charge in [-0.3, -0.25) is 13.9 Å². The van der Waals surface area contributed by atoms with E-state index in [-0.39, 0.29) is 19.4 Å². The van der Waals surface area contributed by atoms with Crippen LogP contribution >= 0.6 is 15.2 Å². The topological polar surface area (TPSA) is 190 Å². The van der Waals surface area contributed by atoms with E-state index >= 15 is 0 Å². The molecule has 0 aliphatic carbocycles. The molecule has 0 amide bonds. The number of rotatable bonds is 9. The summed E-state index contributed by atoms with van der Waals surface area (Å²) in [6.07, 6.45) is -0.826. The Morgan fingerprint density at radius 1 is 1.21 bits per heavy atom. The van der Waals surface area contributed by atoms with Crippen LogP contribution in [0.5, 0.6) is 0 Å². The van der Waals surface area contributed by atoms with Gasteiger partial charge in [0.1, 0.15) is 11.8 Å². The Labute approximate surface area is 109 Å². The summed E-state index contributed by atoms with van der Waals surface area (Å²) in [5.41, 5.74) is 5.17. The summed E-state index contributed by atoms with van der Waals surface area (Å²) in [5, 5.41) is 10.8. The van der Waals surface area contributed by atoms with Gasteiger partial charge in [0.2, 0.25) is 0 Å². The van der Waals surface area contributed by atoms with Gasteiger partial charge in [0.25, 0.3) is 0 Å². The molecule has 0 rings (SSSR count). The maximum atomic E-state index is 11.1. The highest BCUT2D eigenvalue weighted by Crippen LogP contribution is 2.43. The zero-order valence-electron chi connectivity index (χ0n) is 9.92. The van der Waals surface area contributed by atoms with Crippen LogP contribution < -0.4 is 11.1 Å². The Bertz CT molecular complexity index is 391. The van der Waals surface area contributed by atoms with Crippen LogP contribution in [0.1, 0.15) is 12.8 Å². The highest BCUT2D eigenvalue weighted by atomic mass is 31.2. The molecule has 0 spiro atoms. The number of hydrogen-bond acceptors (Lipinski definition) is 5. The third-order valence-corrected chi connectivity index (χ3v) is 4.38. The predicted molar refractivity (Wildman–Crippen MR) is 65.6 cm³/mol. The van der Waals surface area contributed by atoms with Crippen LogP contribution in [0.25, 0.3) is 0 Å². The molecule has 0 aliphatic rings. The second kappa shape index (κ2) is 7.47. The maximum Gasteiger partial charge on any atom is 0.342 e. The van der Waals surface area contributed by atoms with Gasteiger partial charge in [0.05, 0.1) is 0 Å². The van der Waals surface area contributed by atoms with Crippen molar-refractivity contribution in [2.75, 3.05) is 12.7 Å². The monoisotopic (exact) mass is 320 g/mol. The minimum Gasteiger partial charge on any atom is -0.480 e. The van der Waals surface area contributed by atoms with Crippen molar-refractivity contribution in [3.05, 3.63) is 0 Å². The maximum absolute atomic E-state index is 11.1. The summed E-state index contributed by atoms with van der Waals surface area (Å²) in [5.74, 6) is -2.71. The molecular formula is C7H18N2O8P2. The van der Waals surface area contributed by atoms with E-state index in [0.717, 1.165) is 0 Å². The quantitative estimate of drug-likeness (QED) is 0.245. The molecule has 0 aromatic heterocycles. The summed E-state index contributed by atoms with van der Waals surface area (Å²) < 4.78 is 21.7. The third-order valence-electron chi connectivity index (χ3n) is 2.22. The van der Waals surface area contributed by atoms with Crippen LogP contribution in [0.3, 0.4) is 0 Å². The van der Waals surface area contributed by atoms with E-state index in [1.807, 2.05) is 0 Å². The summed E-state index contributed by atoms with van der Waals surface area (Å²) in [6, 6.07) is -1.32. The first-order valence-electron chi connectivity index (χ1n) is 5.25. The highest BCUT2D eigenvalue weighted by Gasteiger charge is 2.29. The SMILES string of the molecule is NC(CNC(CCCP(=O)(O)O)P(=O)(O)O)C(=O)O. The molecule has 0 saturated carbocycles. The number of carboxylic acids is 1. The lowest BCUT2D eigenvalue weighted by molar-refractivity contribution is -0.138. The number of hydrogen-bond donors (Lipinski definition) is 7. The Kier molecular flexibility index (Phi) is 7.34. The van der Waals surface area contributed by atoms with Gasteiger partial charge >= 0.3 is 21.2 Å². The standard InChI is InChI=1S/C7H18N2O8P2/c8-5(7(10)11)4-9-6(19(15,16)17)2-1-3-18(12,13)14/h5-6,9H,1-4,8H2,(H,10,11)(H2,12,13,14)(H2,15,16,17). The lowest BCUT2D eigenvalue weighted by Crippen LogP contribution is -2.44. The van der Waals surface area contributed by atoms with Crippen LogP contribution in [0.2, 0.25) is 0 Å². The van der Waals surface area contributed by atoms with Gasteiger partial charge < -0.3 is 35.7 Å². The first-order valence-corrected chi connectivity index (χ1v) is 8.73. The molecule has 114 valence electrons. The van der Waals surface area contributed by atoms with Crippen LogP contribution in [0, 0.1) is 0 Å². The average Bonchev–Trinajstić information content (AvgIpc) is 2.18. The molecule has 19 heavy (non-hydrogen) atoms. The van der Waals surface area contributed by atoms with E-state index in [2.05, 4.69) is 5.32 Å². The largest absolute Gasteiger partial charge is 0.480 e. The number of carboxylic acid groups (broad SMARTS) is 1. The van der Waals surface area contributed by atoms with Crippen molar-refractivity contribution >= 4 is 21.2 Å². The van der Waals surface area contributed by atoms with Gasteiger partial charge in [0.15, 0.2) is 0 Å². The second-order valence-corrected chi connectivity index (χ2v) is 7.57. The Balaban J connectivity index is 4.38. The highest BCUT2D eigenvalue weighted by molar-refractivity contribution is 7.52. The van der Waals surface area contributed by atoms with Gasteiger partial charge in [-0.05, 0) is 12.8 Å². The molecule has 0 fully saturated rings. The fourth-order valence-corrected chi connectivity index (χ4v) is 2.69. The lowest BCUT2D eigenvalue weighted by Gasteiger charge is -2.21. The molecule has 2 unspecified atom stereocenters. The molecule has 0 heterocycles. The van der Waals surface area contributed by atoms with Crippen molar-refractivity contribution in [1.82, 2.24) is 5.32 Å². The molecule has 12 heteroatoms. The van der Waals surface area contributed by atoms with Crippen molar-refractivity contribution in [3.8, 4) is 0 Å². The Morgan fingerprint density at radius 2 is 1.74 bits per heavy atom. The normalized spacial score (nSPS) is 16.1. The summed E-state index contributed by atoms with van der Waals surface area (Å²) in [6.45, 7) is -0.360. The van der Waals surface area contributed by atoms with Gasteiger partial charge in [-0.25, -0.2) is 0 Å². The van der Waals surface area contributed by atoms with Crippen molar-refractivity contribution in [1.29, 1.82) is 0 Å². The number of carbonyl (C=O) groups is 1. The van der Waals surface area contributed by atoms with Crippen molar-refractivity contribution < 1.29 is 38.6 Å². The number of nitrogens with two attached hydrogens (primary N) is 1. The molecule has 0 aliphatic heterocycles. The minimum atomic E-state index is -4.56. The predicted octanol–water partition coefficient (Wildman–Crippen LogP) is -1.55. The molecule has 0 aromatic carbocycles. The number of aliphatic carboxylic acids is 1. The molecule has 0 radical (unpaired) electrons. The Morgan fingerprint density at radius 3 is 2.11 bits per heavy atom. The minimum absolute atomic E-state index is 0.116. The van der Waals surface area contributed by atoms with Crippen LogP contribution in [-0.4, -0.2) is 55.2 Å². The Hall–Kier alpha value is -0.310. The van der Waals surface area contributed by atoms with Gasteiger partial charge in [0, 0.05) is 12.7 Å². The van der Waals surface area contributed by atoms with E-state index in [0.29, 0.717) is 0 Å².